The Morgan fingerprint density at radius 2 is 1.74 bits per heavy atom. The highest BCUT2D eigenvalue weighted by molar-refractivity contribution is 6.52. The molecule has 0 spiro atoms. The number of ketones is 1. The van der Waals surface area contributed by atoms with E-state index < -0.39 is 17.7 Å². The number of aliphatic hydroxyl groups is 1. The van der Waals surface area contributed by atoms with Crippen LogP contribution in [-0.4, -0.2) is 30.5 Å². The standard InChI is InChI=1S/C27H24ClNO5/c1-4-34-20-12-13-22(28)21(15-20)25(30)23-24(17-8-10-19(33-3)11-9-17)29(27(32)26(23)31)18-7-5-6-16(2)14-18/h5-15,24,30H,4H2,1-3H3/b25-23+. The Morgan fingerprint density at radius 1 is 1.03 bits per heavy atom. The SMILES string of the molecule is CCOc1ccc(Cl)c(/C(O)=C2\C(=O)C(=O)N(c3cccc(C)c3)C2c2ccc(OC)cc2)c1. The van der Waals surface area contributed by atoms with Gasteiger partial charge in [0.1, 0.15) is 17.3 Å². The second kappa shape index (κ2) is 9.61. The molecule has 34 heavy (non-hydrogen) atoms. The van der Waals surface area contributed by atoms with E-state index in [2.05, 4.69) is 0 Å². The van der Waals surface area contributed by atoms with E-state index in [1.54, 1.807) is 55.6 Å². The zero-order valence-corrected chi connectivity index (χ0v) is 19.8. The summed E-state index contributed by atoms with van der Waals surface area (Å²) in [5.41, 5.74) is 2.29. The second-order valence-corrected chi connectivity index (χ2v) is 8.26. The number of nitrogens with zero attached hydrogens (tertiary/aromatic N) is 1. The maximum Gasteiger partial charge on any atom is 0.300 e. The first kappa shape index (κ1) is 23.4. The van der Waals surface area contributed by atoms with Crippen LogP contribution in [0, 0.1) is 6.92 Å². The number of anilines is 1. The topological polar surface area (TPSA) is 76.1 Å². The van der Waals surface area contributed by atoms with Gasteiger partial charge in [0.25, 0.3) is 11.7 Å². The zero-order chi connectivity index (χ0) is 24.4. The molecule has 1 fully saturated rings. The van der Waals surface area contributed by atoms with Crippen LogP contribution in [-0.2, 0) is 9.59 Å². The minimum absolute atomic E-state index is 0.0489. The summed E-state index contributed by atoms with van der Waals surface area (Å²) in [5, 5.41) is 11.6. The Hall–Kier alpha value is -3.77. The maximum atomic E-state index is 13.3. The summed E-state index contributed by atoms with van der Waals surface area (Å²) < 4.78 is 10.8. The van der Waals surface area contributed by atoms with Crippen molar-refractivity contribution in [3.63, 3.8) is 0 Å². The molecule has 1 saturated heterocycles. The van der Waals surface area contributed by atoms with Crippen molar-refractivity contribution in [1.82, 2.24) is 0 Å². The van der Waals surface area contributed by atoms with Gasteiger partial charge in [0.2, 0.25) is 0 Å². The predicted octanol–water partition coefficient (Wildman–Crippen LogP) is 5.68. The third kappa shape index (κ3) is 4.24. The van der Waals surface area contributed by atoms with Crippen molar-refractivity contribution in [1.29, 1.82) is 0 Å². The van der Waals surface area contributed by atoms with Crippen LogP contribution in [0.3, 0.4) is 0 Å². The van der Waals surface area contributed by atoms with Crippen molar-refractivity contribution >= 4 is 34.7 Å². The van der Waals surface area contributed by atoms with Gasteiger partial charge in [0, 0.05) is 11.3 Å². The molecule has 1 aliphatic heterocycles. The fourth-order valence-electron chi connectivity index (χ4n) is 4.07. The van der Waals surface area contributed by atoms with Crippen LogP contribution in [0.5, 0.6) is 11.5 Å². The Kier molecular flexibility index (Phi) is 6.61. The number of aliphatic hydroxyl groups excluding tert-OH is 1. The molecule has 3 aromatic rings. The third-order valence-corrected chi connectivity index (χ3v) is 5.99. The molecule has 174 valence electrons. The summed E-state index contributed by atoms with van der Waals surface area (Å²) in [6.07, 6.45) is 0. The number of rotatable bonds is 6. The van der Waals surface area contributed by atoms with Gasteiger partial charge in [-0.15, -0.1) is 0 Å². The van der Waals surface area contributed by atoms with Crippen molar-refractivity contribution in [2.75, 3.05) is 18.6 Å². The molecule has 0 saturated carbocycles. The Bertz CT molecular complexity index is 1280. The van der Waals surface area contributed by atoms with Crippen LogP contribution >= 0.6 is 11.6 Å². The lowest BCUT2D eigenvalue weighted by Crippen LogP contribution is -2.29. The molecule has 3 aromatic carbocycles. The Labute approximate surface area is 203 Å². The van der Waals surface area contributed by atoms with Crippen molar-refractivity contribution in [3.05, 3.63) is 94.0 Å². The number of ether oxygens (including phenoxy) is 2. The minimum Gasteiger partial charge on any atom is -0.507 e. The van der Waals surface area contributed by atoms with Gasteiger partial charge < -0.3 is 14.6 Å². The van der Waals surface area contributed by atoms with Crippen molar-refractivity contribution in [2.24, 2.45) is 0 Å². The molecular formula is C27H24ClNO5. The van der Waals surface area contributed by atoms with E-state index in [9.17, 15) is 14.7 Å². The molecule has 0 aliphatic carbocycles. The van der Waals surface area contributed by atoms with Crippen LogP contribution < -0.4 is 14.4 Å². The third-order valence-electron chi connectivity index (χ3n) is 5.66. The Balaban J connectivity index is 1.95. The molecule has 1 atom stereocenters. The van der Waals surface area contributed by atoms with Crippen LogP contribution in [0.15, 0.2) is 72.3 Å². The molecule has 1 aliphatic rings. The summed E-state index contributed by atoms with van der Waals surface area (Å²) in [5.74, 6) is -0.769. The highest BCUT2D eigenvalue weighted by Crippen LogP contribution is 2.43. The number of hydrogen-bond acceptors (Lipinski definition) is 5. The smallest absolute Gasteiger partial charge is 0.300 e. The number of benzene rings is 3. The quantitative estimate of drug-likeness (QED) is 0.281. The number of methoxy groups -OCH3 is 1. The first-order valence-electron chi connectivity index (χ1n) is 10.8. The number of carbonyl (C=O) groups excluding carboxylic acids is 2. The zero-order valence-electron chi connectivity index (χ0n) is 19.0. The molecule has 6 nitrogen and oxygen atoms in total. The van der Waals surface area contributed by atoms with Gasteiger partial charge in [-0.1, -0.05) is 35.9 Å². The lowest BCUT2D eigenvalue weighted by molar-refractivity contribution is -0.132. The van der Waals surface area contributed by atoms with E-state index >= 15 is 0 Å². The highest BCUT2D eigenvalue weighted by Gasteiger charge is 2.47. The van der Waals surface area contributed by atoms with E-state index in [-0.39, 0.29) is 21.9 Å². The van der Waals surface area contributed by atoms with Gasteiger partial charge in [-0.3, -0.25) is 14.5 Å². The number of Topliss-reactive ketones (excluding diaryl/α,β-unsaturated/α-hetero) is 1. The molecule has 1 unspecified atom stereocenters. The van der Waals surface area contributed by atoms with E-state index in [1.165, 1.54) is 4.90 Å². The molecule has 1 amide bonds. The van der Waals surface area contributed by atoms with Crippen LogP contribution in [0.2, 0.25) is 5.02 Å². The highest BCUT2D eigenvalue weighted by atomic mass is 35.5. The number of carbonyl (C=O) groups is 2. The monoisotopic (exact) mass is 477 g/mol. The van der Waals surface area contributed by atoms with Gasteiger partial charge in [-0.05, 0) is 67.4 Å². The first-order valence-corrected chi connectivity index (χ1v) is 11.2. The molecule has 0 radical (unpaired) electrons. The fourth-order valence-corrected chi connectivity index (χ4v) is 4.27. The van der Waals surface area contributed by atoms with Gasteiger partial charge >= 0.3 is 0 Å². The normalized spacial score (nSPS) is 17.2. The summed E-state index contributed by atoms with van der Waals surface area (Å²) >= 11 is 6.39. The van der Waals surface area contributed by atoms with Crippen molar-refractivity contribution in [3.8, 4) is 11.5 Å². The number of halogens is 1. The van der Waals surface area contributed by atoms with E-state index in [0.29, 0.717) is 29.4 Å². The average Bonchev–Trinajstić information content (AvgIpc) is 3.10. The summed E-state index contributed by atoms with van der Waals surface area (Å²) in [6, 6.07) is 18.3. The molecule has 1 heterocycles. The largest absolute Gasteiger partial charge is 0.507 e. The van der Waals surface area contributed by atoms with E-state index in [1.807, 2.05) is 32.0 Å². The van der Waals surface area contributed by atoms with Crippen molar-refractivity contribution in [2.45, 2.75) is 19.9 Å². The van der Waals surface area contributed by atoms with Gasteiger partial charge in [-0.2, -0.15) is 0 Å². The molecule has 7 heteroatoms. The number of aryl methyl sites for hydroxylation is 1. The molecule has 0 aromatic heterocycles. The van der Waals surface area contributed by atoms with Crippen LogP contribution in [0.4, 0.5) is 5.69 Å². The first-order chi connectivity index (χ1) is 16.3. The summed E-state index contributed by atoms with van der Waals surface area (Å²) in [4.78, 5) is 28.0. The summed E-state index contributed by atoms with van der Waals surface area (Å²) in [7, 11) is 1.56. The van der Waals surface area contributed by atoms with E-state index in [4.69, 9.17) is 21.1 Å². The van der Waals surface area contributed by atoms with Gasteiger partial charge in [-0.25, -0.2) is 0 Å². The minimum atomic E-state index is -0.862. The number of amides is 1. The van der Waals surface area contributed by atoms with Crippen molar-refractivity contribution < 1.29 is 24.2 Å². The summed E-state index contributed by atoms with van der Waals surface area (Å²) in [6.45, 7) is 4.16. The van der Waals surface area contributed by atoms with Crippen LogP contribution in [0.1, 0.15) is 29.7 Å². The predicted molar refractivity (Wildman–Crippen MR) is 132 cm³/mol. The second-order valence-electron chi connectivity index (χ2n) is 7.86. The average molecular weight is 478 g/mol. The fraction of sp³-hybridized carbons (Fsp3) is 0.185. The lowest BCUT2D eigenvalue weighted by Gasteiger charge is -2.26. The van der Waals surface area contributed by atoms with Gasteiger partial charge in [0.05, 0.1) is 30.4 Å². The maximum absolute atomic E-state index is 13.3. The molecule has 4 rings (SSSR count). The van der Waals surface area contributed by atoms with Gasteiger partial charge in [0.15, 0.2) is 0 Å². The Morgan fingerprint density at radius 3 is 2.38 bits per heavy atom. The molecule has 0 bridgehead atoms. The molecular weight excluding hydrogens is 454 g/mol. The number of hydrogen-bond donors (Lipinski definition) is 1. The molecule has 1 N–H and O–H groups in total. The van der Waals surface area contributed by atoms with E-state index in [0.717, 1.165) is 5.56 Å². The lowest BCUT2D eigenvalue weighted by atomic mass is 9.95. The van der Waals surface area contributed by atoms with Crippen LogP contribution in [0.25, 0.3) is 5.76 Å².